The fraction of sp³-hybridized carbons (Fsp3) is 0.545. The Morgan fingerprint density at radius 3 is 3.00 bits per heavy atom. The third-order valence-corrected chi connectivity index (χ3v) is 2.64. The van der Waals surface area contributed by atoms with Crippen molar-refractivity contribution in [3.8, 4) is 0 Å². The summed E-state index contributed by atoms with van der Waals surface area (Å²) < 4.78 is 5.70. The molecule has 1 fully saturated rings. The Labute approximate surface area is 78.9 Å². The van der Waals surface area contributed by atoms with Gasteiger partial charge in [-0.15, -0.1) is 0 Å². The van der Waals surface area contributed by atoms with Crippen LogP contribution in [0.5, 0.6) is 0 Å². The van der Waals surface area contributed by atoms with Gasteiger partial charge in [-0.05, 0) is 37.8 Å². The standard InChI is InChI=1S/C11H15NO/c1-9-10(4-3-7-12-9)8-13-11-5-2-6-11/h3-4,7,11H,2,5-6,8H2,1H3. The highest BCUT2D eigenvalue weighted by atomic mass is 16.5. The molecule has 0 saturated heterocycles. The maximum absolute atomic E-state index is 5.70. The summed E-state index contributed by atoms with van der Waals surface area (Å²) in [5.41, 5.74) is 2.30. The van der Waals surface area contributed by atoms with Crippen LogP contribution in [0.15, 0.2) is 18.3 Å². The van der Waals surface area contributed by atoms with Crippen molar-refractivity contribution in [2.24, 2.45) is 0 Å². The molecule has 1 aliphatic carbocycles. The minimum atomic E-state index is 0.514. The maximum Gasteiger partial charge on any atom is 0.0738 e. The van der Waals surface area contributed by atoms with Crippen LogP contribution in [0.1, 0.15) is 30.5 Å². The van der Waals surface area contributed by atoms with Crippen LogP contribution in [0, 0.1) is 6.92 Å². The average Bonchev–Trinajstić information content (AvgIpc) is 2.05. The number of nitrogens with zero attached hydrogens (tertiary/aromatic N) is 1. The summed E-state index contributed by atoms with van der Waals surface area (Å²) in [5, 5.41) is 0. The van der Waals surface area contributed by atoms with Gasteiger partial charge in [0.05, 0.1) is 12.7 Å². The fourth-order valence-electron chi connectivity index (χ4n) is 1.42. The van der Waals surface area contributed by atoms with E-state index in [2.05, 4.69) is 11.1 Å². The number of rotatable bonds is 3. The lowest BCUT2D eigenvalue weighted by Gasteiger charge is -2.25. The lowest BCUT2D eigenvalue weighted by molar-refractivity contribution is -0.00897. The predicted molar refractivity (Wildman–Crippen MR) is 51.4 cm³/mol. The second-order valence-corrected chi connectivity index (χ2v) is 3.61. The molecular weight excluding hydrogens is 162 g/mol. The average molecular weight is 177 g/mol. The molecule has 70 valence electrons. The predicted octanol–water partition coefficient (Wildman–Crippen LogP) is 2.46. The number of hydrogen-bond donors (Lipinski definition) is 0. The van der Waals surface area contributed by atoms with Gasteiger partial charge in [0, 0.05) is 11.9 Å². The van der Waals surface area contributed by atoms with Crippen LogP contribution in [0.3, 0.4) is 0 Å². The second-order valence-electron chi connectivity index (χ2n) is 3.61. The summed E-state index contributed by atoms with van der Waals surface area (Å²) in [6.45, 7) is 2.75. The molecule has 0 N–H and O–H groups in total. The van der Waals surface area contributed by atoms with E-state index in [1.165, 1.54) is 24.8 Å². The zero-order chi connectivity index (χ0) is 9.10. The molecule has 1 aromatic heterocycles. The molecule has 0 bridgehead atoms. The molecule has 1 aromatic rings. The van der Waals surface area contributed by atoms with Gasteiger partial charge in [0.1, 0.15) is 0 Å². The highest BCUT2D eigenvalue weighted by Gasteiger charge is 2.17. The first-order chi connectivity index (χ1) is 6.36. The topological polar surface area (TPSA) is 22.1 Å². The van der Waals surface area contributed by atoms with Crippen LogP contribution in [0.4, 0.5) is 0 Å². The Morgan fingerprint density at radius 2 is 2.38 bits per heavy atom. The lowest BCUT2D eigenvalue weighted by Crippen LogP contribution is -2.21. The van der Waals surface area contributed by atoms with E-state index in [-0.39, 0.29) is 0 Å². The first-order valence-electron chi connectivity index (χ1n) is 4.88. The third kappa shape index (κ3) is 2.07. The number of aromatic nitrogens is 1. The van der Waals surface area contributed by atoms with E-state index < -0.39 is 0 Å². The summed E-state index contributed by atoms with van der Waals surface area (Å²) in [5.74, 6) is 0. The molecular formula is C11H15NO. The van der Waals surface area contributed by atoms with Crippen molar-refractivity contribution in [2.75, 3.05) is 0 Å². The van der Waals surface area contributed by atoms with Gasteiger partial charge < -0.3 is 4.74 Å². The quantitative estimate of drug-likeness (QED) is 0.707. The highest BCUT2D eigenvalue weighted by molar-refractivity contribution is 5.17. The molecule has 0 aliphatic heterocycles. The first-order valence-corrected chi connectivity index (χ1v) is 4.88. The van der Waals surface area contributed by atoms with Crippen molar-refractivity contribution in [1.29, 1.82) is 0 Å². The summed E-state index contributed by atoms with van der Waals surface area (Å²) in [4.78, 5) is 4.22. The summed E-state index contributed by atoms with van der Waals surface area (Å²) >= 11 is 0. The largest absolute Gasteiger partial charge is 0.373 e. The molecule has 0 spiro atoms. The van der Waals surface area contributed by atoms with Gasteiger partial charge in [0.25, 0.3) is 0 Å². The number of aryl methyl sites for hydroxylation is 1. The lowest BCUT2D eigenvalue weighted by atomic mass is 9.96. The molecule has 1 heterocycles. The Balaban J connectivity index is 1.89. The van der Waals surface area contributed by atoms with Gasteiger partial charge in [-0.3, -0.25) is 4.98 Å². The molecule has 2 heteroatoms. The molecule has 0 unspecified atom stereocenters. The summed E-state index contributed by atoms with van der Waals surface area (Å²) in [7, 11) is 0. The molecule has 1 aliphatic rings. The molecule has 0 amide bonds. The highest BCUT2D eigenvalue weighted by Crippen LogP contribution is 2.23. The van der Waals surface area contributed by atoms with E-state index in [1.807, 2.05) is 19.2 Å². The van der Waals surface area contributed by atoms with Crippen LogP contribution in [0.25, 0.3) is 0 Å². The Morgan fingerprint density at radius 1 is 1.54 bits per heavy atom. The summed E-state index contributed by atoms with van der Waals surface area (Å²) in [6.07, 6.45) is 6.14. The molecule has 0 aromatic carbocycles. The van der Waals surface area contributed by atoms with Crippen LogP contribution in [-0.2, 0) is 11.3 Å². The van der Waals surface area contributed by atoms with Gasteiger partial charge in [-0.25, -0.2) is 0 Å². The minimum absolute atomic E-state index is 0.514. The van der Waals surface area contributed by atoms with Crippen molar-refractivity contribution < 1.29 is 4.74 Å². The molecule has 13 heavy (non-hydrogen) atoms. The van der Waals surface area contributed by atoms with Gasteiger partial charge in [-0.2, -0.15) is 0 Å². The molecule has 2 nitrogen and oxygen atoms in total. The second kappa shape index (κ2) is 3.88. The Bertz CT molecular complexity index is 281. The minimum Gasteiger partial charge on any atom is -0.373 e. The summed E-state index contributed by atoms with van der Waals surface area (Å²) in [6, 6.07) is 4.05. The SMILES string of the molecule is Cc1ncccc1COC1CCC1. The van der Waals surface area contributed by atoms with E-state index in [4.69, 9.17) is 4.74 Å². The van der Waals surface area contributed by atoms with Crippen molar-refractivity contribution in [3.63, 3.8) is 0 Å². The van der Waals surface area contributed by atoms with Crippen molar-refractivity contribution >= 4 is 0 Å². The van der Waals surface area contributed by atoms with Crippen LogP contribution >= 0.6 is 0 Å². The number of pyridine rings is 1. The molecule has 0 atom stereocenters. The van der Waals surface area contributed by atoms with E-state index in [0.717, 1.165) is 12.3 Å². The Kier molecular flexibility index (Phi) is 2.60. The van der Waals surface area contributed by atoms with E-state index in [9.17, 15) is 0 Å². The van der Waals surface area contributed by atoms with E-state index in [1.54, 1.807) is 0 Å². The van der Waals surface area contributed by atoms with Crippen molar-refractivity contribution in [3.05, 3.63) is 29.6 Å². The van der Waals surface area contributed by atoms with Crippen molar-refractivity contribution in [1.82, 2.24) is 4.98 Å². The van der Waals surface area contributed by atoms with Gasteiger partial charge >= 0.3 is 0 Å². The maximum atomic E-state index is 5.70. The first kappa shape index (κ1) is 8.70. The van der Waals surface area contributed by atoms with Crippen LogP contribution in [0.2, 0.25) is 0 Å². The normalized spacial score (nSPS) is 17.0. The zero-order valence-electron chi connectivity index (χ0n) is 7.99. The van der Waals surface area contributed by atoms with Crippen LogP contribution < -0.4 is 0 Å². The molecule has 0 radical (unpaired) electrons. The smallest absolute Gasteiger partial charge is 0.0738 e. The van der Waals surface area contributed by atoms with Gasteiger partial charge in [-0.1, -0.05) is 6.07 Å². The number of hydrogen-bond acceptors (Lipinski definition) is 2. The van der Waals surface area contributed by atoms with Gasteiger partial charge in [0.2, 0.25) is 0 Å². The fourth-order valence-corrected chi connectivity index (χ4v) is 1.42. The zero-order valence-corrected chi connectivity index (χ0v) is 7.99. The number of ether oxygens (including phenoxy) is 1. The van der Waals surface area contributed by atoms with Crippen LogP contribution in [-0.4, -0.2) is 11.1 Å². The monoisotopic (exact) mass is 177 g/mol. The third-order valence-electron chi connectivity index (χ3n) is 2.64. The van der Waals surface area contributed by atoms with Gasteiger partial charge in [0.15, 0.2) is 0 Å². The molecule has 2 rings (SSSR count). The molecule has 1 saturated carbocycles. The van der Waals surface area contributed by atoms with E-state index >= 15 is 0 Å². The van der Waals surface area contributed by atoms with Crippen molar-refractivity contribution in [2.45, 2.75) is 38.9 Å². The van der Waals surface area contributed by atoms with E-state index in [0.29, 0.717) is 6.10 Å². The Hall–Kier alpha value is -0.890.